The monoisotopic (exact) mass is 302 g/mol. The van der Waals surface area contributed by atoms with Gasteiger partial charge in [-0.2, -0.15) is 5.10 Å². The molecule has 2 amide bonds. The van der Waals surface area contributed by atoms with Crippen molar-refractivity contribution in [1.29, 1.82) is 0 Å². The average molecular weight is 302 g/mol. The lowest BCUT2D eigenvalue weighted by Gasteiger charge is -2.32. The van der Waals surface area contributed by atoms with E-state index in [9.17, 15) is 9.59 Å². The van der Waals surface area contributed by atoms with Gasteiger partial charge in [-0.3, -0.25) is 14.7 Å². The maximum Gasteiger partial charge on any atom is 0.269 e. The second kappa shape index (κ2) is 6.34. The number of nitrogens with one attached hydrogen (secondary N) is 1. The number of allylic oxidation sites excluding steroid dienone is 2. The lowest BCUT2D eigenvalue weighted by atomic mass is 9.93. The van der Waals surface area contributed by atoms with E-state index in [1.54, 1.807) is 6.07 Å². The van der Waals surface area contributed by atoms with Crippen LogP contribution in [0.4, 0.5) is 0 Å². The molecule has 3 N–H and O–H groups in total. The van der Waals surface area contributed by atoms with E-state index in [1.807, 2.05) is 4.90 Å². The highest BCUT2D eigenvalue weighted by Crippen LogP contribution is 2.28. The molecule has 0 spiro atoms. The molecule has 1 saturated heterocycles. The molecule has 1 aromatic heterocycles. The van der Waals surface area contributed by atoms with Gasteiger partial charge < -0.3 is 10.6 Å². The number of carbonyl (C=O) groups excluding carboxylic acids is 2. The summed E-state index contributed by atoms with van der Waals surface area (Å²) in [5.74, 6) is 0.314. The highest BCUT2D eigenvalue weighted by Gasteiger charge is 2.27. The number of carbonyl (C=O) groups is 2. The SMILES string of the molecule is NC(=O)c1cc([C@@H]2CCCN(C(=O)C[C@H]3C=CCC3)C2)[nH]n1. The van der Waals surface area contributed by atoms with Crippen LogP contribution in [0.25, 0.3) is 0 Å². The number of likely N-dealkylation sites (tertiary alicyclic amines) is 1. The molecule has 1 aliphatic carbocycles. The number of nitrogens with two attached hydrogens (primary N) is 1. The zero-order valence-corrected chi connectivity index (χ0v) is 12.6. The Bertz CT molecular complexity index is 593. The molecule has 2 heterocycles. The van der Waals surface area contributed by atoms with Crippen LogP contribution in [-0.2, 0) is 4.79 Å². The van der Waals surface area contributed by atoms with E-state index in [2.05, 4.69) is 22.3 Å². The van der Waals surface area contributed by atoms with Crippen molar-refractivity contribution in [2.45, 2.75) is 38.0 Å². The van der Waals surface area contributed by atoms with Crippen molar-refractivity contribution in [1.82, 2.24) is 15.1 Å². The third kappa shape index (κ3) is 3.21. The van der Waals surface area contributed by atoms with Crippen molar-refractivity contribution in [3.8, 4) is 0 Å². The molecule has 2 aliphatic rings. The third-order valence-electron chi connectivity index (χ3n) is 4.61. The number of piperidine rings is 1. The molecule has 0 saturated carbocycles. The highest BCUT2D eigenvalue weighted by atomic mass is 16.2. The van der Waals surface area contributed by atoms with Gasteiger partial charge in [0.15, 0.2) is 0 Å². The first kappa shape index (κ1) is 14.8. The Kier molecular flexibility index (Phi) is 4.27. The molecule has 1 fully saturated rings. The van der Waals surface area contributed by atoms with Crippen LogP contribution in [0.1, 0.15) is 54.2 Å². The van der Waals surface area contributed by atoms with Crippen LogP contribution >= 0.6 is 0 Å². The number of H-pyrrole nitrogens is 1. The number of primary amides is 1. The molecule has 6 nitrogen and oxygen atoms in total. The second-order valence-electron chi connectivity index (χ2n) is 6.22. The Morgan fingerprint density at radius 3 is 2.95 bits per heavy atom. The van der Waals surface area contributed by atoms with Gasteiger partial charge >= 0.3 is 0 Å². The number of rotatable bonds is 4. The lowest BCUT2D eigenvalue weighted by Crippen LogP contribution is -2.39. The van der Waals surface area contributed by atoms with E-state index in [1.165, 1.54) is 0 Å². The Balaban J connectivity index is 1.61. The predicted molar refractivity (Wildman–Crippen MR) is 82.1 cm³/mol. The number of hydrogen-bond donors (Lipinski definition) is 2. The summed E-state index contributed by atoms with van der Waals surface area (Å²) in [4.78, 5) is 25.5. The standard InChI is InChI=1S/C16H22N4O2/c17-16(22)14-9-13(18-19-14)12-6-3-7-20(10-12)15(21)8-11-4-1-2-5-11/h1,4,9,11-12H,2-3,5-8,10H2,(H2,17,22)(H,18,19)/t11-,12+/m0/s1. The van der Waals surface area contributed by atoms with Crippen LogP contribution in [0.2, 0.25) is 0 Å². The van der Waals surface area contributed by atoms with E-state index in [-0.39, 0.29) is 17.5 Å². The maximum atomic E-state index is 12.4. The van der Waals surface area contributed by atoms with Crippen LogP contribution in [0.5, 0.6) is 0 Å². The molecule has 0 aromatic carbocycles. The highest BCUT2D eigenvalue weighted by molar-refractivity contribution is 5.90. The first-order chi connectivity index (χ1) is 10.6. The minimum atomic E-state index is -0.528. The minimum absolute atomic E-state index is 0.206. The van der Waals surface area contributed by atoms with Gasteiger partial charge in [0.1, 0.15) is 5.69 Å². The summed E-state index contributed by atoms with van der Waals surface area (Å²) in [7, 11) is 0. The molecule has 2 atom stereocenters. The Morgan fingerprint density at radius 2 is 2.27 bits per heavy atom. The van der Waals surface area contributed by atoms with Crippen molar-refractivity contribution in [2.24, 2.45) is 11.7 Å². The van der Waals surface area contributed by atoms with Gasteiger partial charge in [-0.15, -0.1) is 0 Å². The van der Waals surface area contributed by atoms with E-state index < -0.39 is 5.91 Å². The van der Waals surface area contributed by atoms with E-state index in [0.717, 1.165) is 37.9 Å². The molecular formula is C16H22N4O2. The van der Waals surface area contributed by atoms with Gasteiger partial charge in [-0.25, -0.2) is 0 Å². The van der Waals surface area contributed by atoms with Crippen LogP contribution in [0.3, 0.4) is 0 Å². The third-order valence-corrected chi connectivity index (χ3v) is 4.61. The Morgan fingerprint density at radius 1 is 1.41 bits per heavy atom. The summed E-state index contributed by atoms with van der Waals surface area (Å²) < 4.78 is 0. The zero-order chi connectivity index (χ0) is 15.5. The fraction of sp³-hybridized carbons (Fsp3) is 0.562. The van der Waals surface area contributed by atoms with Gasteiger partial charge in [0, 0.05) is 31.1 Å². The molecule has 0 unspecified atom stereocenters. The van der Waals surface area contributed by atoms with Crippen LogP contribution < -0.4 is 5.73 Å². The molecule has 3 rings (SSSR count). The number of hydrogen-bond acceptors (Lipinski definition) is 3. The van der Waals surface area contributed by atoms with Gasteiger partial charge in [0.05, 0.1) is 0 Å². The fourth-order valence-electron chi connectivity index (χ4n) is 3.35. The topological polar surface area (TPSA) is 92.1 Å². The number of amides is 2. The molecule has 0 radical (unpaired) electrons. The predicted octanol–water partition coefficient (Wildman–Crippen LogP) is 1.57. The van der Waals surface area contributed by atoms with E-state index in [0.29, 0.717) is 18.9 Å². The molecule has 1 aliphatic heterocycles. The summed E-state index contributed by atoms with van der Waals surface area (Å²) in [6.07, 6.45) is 9.07. The summed E-state index contributed by atoms with van der Waals surface area (Å²) in [6.45, 7) is 1.51. The second-order valence-corrected chi connectivity index (χ2v) is 6.22. The van der Waals surface area contributed by atoms with Crippen LogP contribution in [0, 0.1) is 5.92 Å². The van der Waals surface area contributed by atoms with Crippen LogP contribution in [-0.4, -0.2) is 40.0 Å². The lowest BCUT2D eigenvalue weighted by molar-refractivity contribution is -0.133. The Labute approximate surface area is 129 Å². The molecule has 22 heavy (non-hydrogen) atoms. The van der Waals surface area contributed by atoms with Crippen molar-refractivity contribution in [3.63, 3.8) is 0 Å². The molecule has 0 bridgehead atoms. The number of nitrogens with zero attached hydrogens (tertiary/aromatic N) is 2. The molecule has 118 valence electrons. The average Bonchev–Trinajstić information content (AvgIpc) is 3.18. The largest absolute Gasteiger partial charge is 0.364 e. The molecule has 6 heteroatoms. The van der Waals surface area contributed by atoms with E-state index in [4.69, 9.17) is 5.73 Å². The summed E-state index contributed by atoms with van der Waals surface area (Å²) in [5, 5.41) is 6.82. The first-order valence-electron chi connectivity index (χ1n) is 7.93. The van der Waals surface area contributed by atoms with Crippen molar-refractivity contribution in [3.05, 3.63) is 29.6 Å². The molecule has 1 aromatic rings. The number of aromatic amines is 1. The van der Waals surface area contributed by atoms with E-state index >= 15 is 0 Å². The summed E-state index contributed by atoms with van der Waals surface area (Å²) in [5.41, 5.74) is 6.39. The first-order valence-corrected chi connectivity index (χ1v) is 7.93. The van der Waals surface area contributed by atoms with Gasteiger partial charge in [-0.05, 0) is 37.7 Å². The smallest absolute Gasteiger partial charge is 0.269 e. The Hall–Kier alpha value is -2.11. The normalized spacial score (nSPS) is 24.6. The van der Waals surface area contributed by atoms with Gasteiger partial charge in [-0.1, -0.05) is 12.2 Å². The van der Waals surface area contributed by atoms with Gasteiger partial charge in [0.2, 0.25) is 5.91 Å². The maximum absolute atomic E-state index is 12.4. The summed E-state index contributed by atoms with van der Waals surface area (Å²) >= 11 is 0. The molecular weight excluding hydrogens is 280 g/mol. The fourth-order valence-corrected chi connectivity index (χ4v) is 3.35. The van der Waals surface area contributed by atoms with Gasteiger partial charge in [0.25, 0.3) is 5.91 Å². The quantitative estimate of drug-likeness (QED) is 0.827. The van der Waals surface area contributed by atoms with Crippen molar-refractivity contribution < 1.29 is 9.59 Å². The van der Waals surface area contributed by atoms with Crippen molar-refractivity contribution >= 4 is 11.8 Å². The number of aromatic nitrogens is 2. The minimum Gasteiger partial charge on any atom is -0.364 e. The van der Waals surface area contributed by atoms with Crippen molar-refractivity contribution in [2.75, 3.05) is 13.1 Å². The van der Waals surface area contributed by atoms with Crippen LogP contribution in [0.15, 0.2) is 18.2 Å². The zero-order valence-electron chi connectivity index (χ0n) is 12.6. The summed E-state index contributed by atoms with van der Waals surface area (Å²) in [6, 6.07) is 1.71.